The van der Waals surface area contributed by atoms with Crippen molar-refractivity contribution >= 4 is 49.4 Å². The van der Waals surface area contributed by atoms with Crippen LogP contribution in [0.3, 0.4) is 0 Å². The number of aryl methyl sites for hydroxylation is 2. The highest BCUT2D eigenvalue weighted by molar-refractivity contribution is 5.99. The molecule has 4 nitrogen and oxygen atoms in total. The van der Waals surface area contributed by atoms with E-state index in [1.807, 2.05) is 0 Å². The summed E-state index contributed by atoms with van der Waals surface area (Å²) in [5.74, 6) is 3.02. The molecule has 8 aromatic carbocycles. The maximum atomic E-state index is 6.79. The molecular weight excluding hydrogens is 707 g/mol. The van der Waals surface area contributed by atoms with Crippen molar-refractivity contribution in [3.63, 3.8) is 0 Å². The number of furan rings is 1. The largest absolute Gasteiger partial charge is 0.456 e. The standard InChI is InChI=1S/C54H37N3O/c1-3-13-35-28-40(23-21-33(35)11-1)52-55-53(41-24-22-34-12-2-4-14-36(34)29-41)57-54(56-52)48-31-42(32-50-51(48)46-19-9-10-20-49(46)58-50)43-26-25-39-27-37-15-5-6-16-38(37)30-47(39)45-18-8-7-17-44(43)45/h1-8,10-18,20-24,27-32,43H,9,19,25-26H2/t43-/m0/s1. The summed E-state index contributed by atoms with van der Waals surface area (Å²) in [5.41, 5.74) is 11.6. The van der Waals surface area contributed by atoms with Gasteiger partial charge in [0, 0.05) is 33.6 Å². The highest BCUT2D eigenvalue weighted by Gasteiger charge is 2.28. The van der Waals surface area contributed by atoms with Gasteiger partial charge in [0.1, 0.15) is 11.3 Å². The molecule has 12 rings (SSSR count). The maximum absolute atomic E-state index is 6.79. The predicted octanol–water partition coefficient (Wildman–Crippen LogP) is 13.8. The summed E-state index contributed by atoms with van der Waals surface area (Å²) in [4.78, 5) is 16.0. The number of rotatable bonds is 4. The van der Waals surface area contributed by atoms with Gasteiger partial charge in [-0.2, -0.15) is 0 Å². The van der Waals surface area contributed by atoms with Crippen LogP contribution in [0.4, 0.5) is 0 Å². The van der Waals surface area contributed by atoms with Gasteiger partial charge in [-0.25, -0.2) is 15.0 Å². The lowest BCUT2D eigenvalue weighted by atomic mass is 9.84. The number of fused-ring (bicyclic) bond motifs is 9. The molecule has 0 saturated heterocycles. The van der Waals surface area contributed by atoms with E-state index in [0.717, 1.165) is 69.9 Å². The number of hydrogen-bond acceptors (Lipinski definition) is 4. The van der Waals surface area contributed by atoms with Gasteiger partial charge in [0.05, 0.1) is 0 Å². The van der Waals surface area contributed by atoms with Gasteiger partial charge >= 0.3 is 0 Å². The van der Waals surface area contributed by atoms with Crippen molar-refractivity contribution in [1.29, 1.82) is 0 Å². The number of hydrogen-bond donors (Lipinski definition) is 0. The second-order valence-corrected chi connectivity index (χ2v) is 15.8. The molecule has 0 unspecified atom stereocenters. The van der Waals surface area contributed by atoms with Gasteiger partial charge < -0.3 is 4.42 Å². The zero-order valence-electron chi connectivity index (χ0n) is 31.8. The third-order valence-electron chi connectivity index (χ3n) is 12.4. The van der Waals surface area contributed by atoms with E-state index in [1.165, 1.54) is 54.9 Å². The fraction of sp³-hybridized carbons (Fsp3) is 0.0926. The monoisotopic (exact) mass is 743 g/mol. The van der Waals surface area contributed by atoms with Crippen LogP contribution in [-0.2, 0) is 12.8 Å². The molecule has 0 fully saturated rings. The van der Waals surface area contributed by atoms with Crippen LogP contribution >= 0.6 is 0 Å². The third-order valence-corrected chi connectivity index (χ3v) is 12.4. The first kappa shape index (κ1) is 33.0. The van der Waals surface area contributed by atoms with E-state index in [0.29, 0.717) is 17.5 Å². The molecule has 2 aliphatic carbocycles. The van der Waals surface area contributed by atoms with Crippen molar-refractivity contribution in [3.8, 4) is 45.3 Å². The molecule has 58 heavy (non-hydrogen) atoms. The highest BCUT2D eigenvalue weighted by Crippen LogP contribution is 2.46. The second-order valence-electron chi connectivity index (χ2n) is 15.8. The Morgan fingerprint density at radius 2 is 1.09 bits per heavy atom. The van der Waals surface area contributed by atoms with Gasteiger partial charge in [-0.15, -0.1) is 0 Å². The Morgan fingerprint density at radius 3 is 1.79 bits per heavy atom. The molecule has 0 radical (unpaired) electrons. The number of aromatic nitrogens is 3. The summed E-state index contributed by atoms with van der Waals surface area (Å²) in [5, 5.41) is 8.31. The lowest BCUT2D eigenvalue weighted by Crippen LogP contribution is -2.05. The molecule has 0 aliphatic heterocycles. The van der Waals surface area contributed by atoms with E-state index < -0.39 is 0 Å². The van der Waals surface area contributed by atoms with Crippen molar-refractivity contribution in [1.82, 2.24) is 15.0 Å². The molecule has 1 atom stereocenters. The molecule has 0 saturated carbocycles. The summed E-state index contributed by atoms with van der Waals surface area (Å²) in [7, 11) is 0. The molecule has 0 amide bonds. The van der Waals surface area contributed by atoms with Crippen LogP contribution in [0, 0.1) is 0 Å². The topological polar surface area (TPSA) is 51.8 Å². The first-order valence-electron chi connectivity index (χ1n) is 20.3. The Bertz CT molecular complexity index is 3220. The number of allylic oxidation sites excluding steroid dienone is 1. The molecule has 274 valence electrons. The fourth-order valence-corrected chi connectivity index (χ4v) is 9.51. The lowest BCUT2D eigenvalue weighted by molar-refractivity contribution is 0.594. The van der Waals surface area contributed by atoms with E-state index in [2.05, 4.69) is 170 Å². The van der Waals surface area contributed by atoms with E-state index in [1.54, 1.807) is 0 Å². The molecule has 0 N–H and O–H groups in total. The Morgan fingerprint density at radius 1 is 0.483 bits per heavy atom. The van der Waals surface area contributed by atoms with Crippen LogP contribution in [0.1, 0.15) is 46.8 Å². The SMILES string of the molecule is C1=Cc2oc3cc([C@@H]4CCc5cc6ccccc6cc5-c5ccccc54)cc(-c4nc(-c5ccc6ccccc6c5)nc(-c5ccc6ccccc6c5)n4)c3c2CC1. The van der Waals surface area contributed by atoms with E-state index in [9.17, 15) is 0 Å². The van der Waals surface area contributed by atoms with Crippen molar-refractivity contribution in [2.45, 2.75) is 31.6 Å². The minimum absolute atomic E-state index is 0.134. The molecule has 2 aliphatic rings. The van der Waals surface area contributed by atoms with Gasteiger partial charge in [0.2, 0.25) is 0 Å². The zero-order valence-corrected chi connectivity index (χ0v) is 31.8. The minimum Gasteiger partial charge on any atom is -0.456 e. The van der Waals surface area contributed by atoms with Gasteiger partial charge in [-0.1, -0.05) is 133 Å². The first-order valence-corrected chi connectivity index (χ1v) is 20.3. The minimum atomic E-state index is 0.134. The summed E-state index contributed by atoms with van der Waals surface area (Å²) in [6.07, 6.45) is 8.16. The average molecular weight is 744 g/mol. The molecule has 2 heterocycles. The second kappa shape index (κ2) is 13.2. The molecule has 2 aromatic heterocycles. The normalized spacial score (nSPS) is 14.7. The van der Waals surface area contributed by atoms with Crippen LogP contribution < -0.4 is 0 Å². The van der Waals surface area contributed by atoms with Crippen molar-refractivity contribution in [3.05, 3.63) is 192 Å². The van der Waals surface area contributed by atoms with Crippen LogP contribution in [0.25, 0.3) is 94.7 Å². The van der Waals surface area contributed by atoms with Gasteiger partial charge in [0.15, 0.2) is 17.5 Å². The van der Waals surface area contributed by atoms with Crippen LogP contribution in [0.5, 0.6) is 0 Å². The molecule has 10 aromatic rings. The number of nitrogens with zero attached hydrogens (tertiary/aromatic N) is 3. The molecule has 4 heteroatoms. The Labute approximate surface area is 336 Å². The number of benzene rings is 8. The first-order chi connectivity index (χ1) is 28.7. The van der Waals surface area contributed by atoms with Gasteiger partial charge in [-0.3, -0.25) is 0 Å². The Kier molecular flexibility index (Phi) is 7.52. The maximum Gasteiger partial charge on any atom is 0.164 e. The summed E-state index contributed by atoms with van der Waals surface area (Å²) < 4.78 is 6.79. The van der Waals surface area contributed by atoms with Gasteiger partial charge in [-0.05, 0) is 122 Å². The van der Waals surface area contributed by atoms with Crippen LogP contribution in [0.2, 0.25) is 0 Å². The van der Waals surface area contributed by atoms with E-state index in [4.69, 9.17) is 19.4 Å². The molecule has 0 spiro atoms. The van der Waals surface area contributed by atoms with E-state index >= 15 is 0 Å². The molecule has 0 bridgehead atoms. The summed E-state index contributed by atoms with van der Waals surface area (Å²) >= 11 is 0. The Balaban J connectivity index is 1.09. The van der Waals surface area contributed by atoms with Crippen LogP contribution in [0.15, 0.2) is 168 Å². The zero-order chi connectivity index (χ0) is 38.2. The Hall–Kier alpha value is -7.17. The fourth-order valence-electron chi connectivity index (χ4n) is 9.51. The lowest BCUT2D eigenvalue weighted by Gasteiger charge is -2.20. The van der Waals surface area contributed by atoms with Crippen molar-refractivity contribution in [2.24, 2.45) is 0 Å². The molecular formula is C54H37N3O. The van der Waals surface area contributed by atoms with Crippen molar-refractivity contribution in [2.75, 3.05) is 0 Å². The average Bonchev–Trinajstić information content (AvgIpc) is 3.59. The smallest absolute Gasteiger partial charge is 0.164 e. The predicted molar refractivity (Wildman–Crippen MR) is 238 cm³/mol. The quantitative estimate of drug-likeness (QED) is 0.180. The summed E-state index contributed by atoms with van der Waals surface area (Å²) in [6, 6.07) is 57.0. The third kappa shape index (κ3) is 5.48. The van der Waals surface area contributed by atoms with E-state index in [-0.39, 0.29) is 5.92 Å². The van der Waals surface area contributed by atoms with Crippen LogP contribution in [-0.4, -0.2) is 15.0 Å². The summed E-state index contributed by atoms with van der Waals surface area (Å²) in [6.45, 7) is 0. The highest BCUT2D eigenvalue weighted by atomic mass is 16.3. The van der Waals surface area contributed by atoms with Gasteiger partial charge in [0.25, 0.3) is 0 Å². The van der Waals surface area contributed by atoms with Crippen molar-refractivity contribution < 1.29 is 4.42 Å².